The van der Waals surface area contributed by atoms with Gasteiger partial charge < -0.3 is 14.0 Å². The molecule has 33 heavy (non-hydrogen) atoms. The zero-order valence-electron chi connectivity index (χ0n) is 22.1. The molecule has 0 aromatic heterocycles. The predicted molar refractivity (Wildman–Crippen MR) is 146 cm³/mol. The summed E-state index contributed by atoms with van der Waals surface area (Å²) in [4.78, 5) is 0. The minimum atomic E-state index is -0.987. The maximum Gasteiger partial charge on any atom is 0.478 e. The Bertz CT molecular complexity index is 900. The van der Waals surface area contributed by atoms with E-state index in [2.05, 4.69) is 86.3 Å². The van der Waals surface area contributed by atoms with Gasteiger partial charge in [0.05, 0.1) is 24.3 Å². The van der Waals surface area contributed by atoms with Crippen LogP contribution in [0.15, 0.2) is 24.3 Å². The number of fused-ring (bicyclic) bond motifs is 1. The van der Waals surface area contributed by atoms with Gasteiger partial charge in [0.25, 0.3) is 0 Å². The SMILES string of the molecule is CC1(C)[C@@H]2C[C@H]3OB([C@H](CC4COc5ccccc54)N(S(C)(C)C)S(C)(C)C)O[C@@]3(C)[C@H]1C2. The fourth-order valence-corrected chi connectivity index (χ4v) is 14.9. The summed E-state index contributed by atoms with van der Waals surface area (Å²) >= 11 is 0. The van der Waals surface area contributed by atoms with E-state index in [1.165, 1.54) is 12.0 Å². The Morgan fingerprint density at radius 2 is 1.70 bits per heavy atom. The first-order chi connectivity index (χ1) is 15.2. The standard InChI is InChI=1S/C26H44BNO3S2/c1-25(2)19-15-22(25)26(3)23(16-19)30-27(31-26)24(28(32(4,5)6)33(7,8)9)14-18-17-29-21-13-11-10-12-20(18)21/h10-13,18-19,22-24H,14-17H2,1-9H3/t18?,19-,22-,23+,24-,26-/m0/s1. The molecule has 5 aliphatic rings. The molecule has 4 fully saturated rings. The van der Waals surface area contributed by atoms with Gasteiger partial charge in [-0.2, -0.15) is 20.4 Å². The molecule has 186 valence electrons. The smallest absolute Gasteiger partial charge is 0.478 e. The first-order valence-electron chi connectivity index (χ1n) is 12.4. The number of ether oxygens (including phenoxy) is 1. The van der Waals surface area contributed by atoms with Gasteiger partial charge in [0.15, 0.2) is 0 Å². The molecule has 0 spiro atoms. The van der Waals surface area contributed by atoms with Crippen molar-refractivity contribution < 1.29 is 14.0 Å². The molecular formula is C26H44BNO3S2. The molecule has 6 rings (SSSR count). The van der Waals surface area contributed by atoms with Gasteiger partial charge in [-0.15, -0.1) is 0 Å². The molecule has 3 aliphatic carbocycles. The largest absolute Gasteiger partial charge is 0.493 e. The maximum atomic E-state index is 7.09. The van der Waals surface area contributed by atoms with Gasteiger partial charge in [0, 0.05) is 11.5 Å². The molecule has 0 N–H and O–H groups in total. The van der Waals surface area contributed by atoms with Crippen LogP contribution in [0.3, 0.4) is 0 Å². The number of hydrogen-bond donors (Lipinski definition) is 0. The summed E-state index contributed by atoms with van der Waals surface area (Å²) in [6, 6.07) is 8.58. The van der Waals surface area contributed by atoms with Crippen molar-refractivity contribution in [1.29, 1.82) is 0 Å². The third-order valence-electron chi connectivity index (χ3n) is 8.96. The molecule has 4 nitrogen and oxygen atoms in total. The number of nitrogens with zero attached hydrogens (tertiary/aromatic N) is 1. The normalized spacial score (nSPS) is 36.6. The lowest BCUT2D eigenvalue weighted by Gasteiger charge is -2.64. The Balaban J connectivity index is 1.49. The molecule has 2 bridgehead atoms. The zero-order chi connectivity index (χ0) is 24.0. The quantitative estimate of drug-likeness (QED) is 0.475. The molecule has 2 heterocycles. The molecule has 1 aromatic rings. The molecule has 1 saturated heterocycles. The van der Waals surface area contributed by atoms with E-state index in [-0.39, 0.29) is 24.8 Å². The van der Waals surface area contributed by atoms with Crippen LogP contribution in [0.5, 0.6) is 5.75 Å². The molecule has 0 amide bonds. The van der Waals surface area contributed by atoms with Gasteiger partial charge in [0.1, 0.15) is 5.75 Å². The van der Waals surface area contributed by atoms with Crippen molar-refractivity contribution in [2.75, 3.05) is 44.1 Å². The third-order valence-corrected chi connectivity index (χ3v) is 14.3. The highest BCUT2D eigenvalue weighted by Gasteiger charge is 2.69. The van der Waals surface area contributed by atoms with Gasteiger partial charge in [-0.25, -0.2) is 3.71 Å². The summed E-state index contributed by atoms with van der Waals surface area (Å²) in [5.74, 6) is 3.01. The van der Waals surface area contributed by atoms with E-state index in [1.807, 2.05) is 0 Å². The molecule has 6 atom stereocenters. The summed E-state index contributed by atoms with van der Waals surface area (Å²) < 4.78 is 22.9. The van der Waals surface area contributed by atoms with E-state index in [9.17, 15) is 0 Å². The number of hydrogen-bond acceptors (Lipinski definition) is 4. The highest BCUT2D eigenvalue weighted by molar-refractivity contribution is 8.43. The second-order valence-corrected chi connectivity index (χ2v) is 21.1. The van der Waals surface area contributed by atoms with Crippen molar-refractivity contribution in [2.24, 2.45) is 17.3 Å². The van der Waals surface area contributed by atoms with Crippen molar-refractivity contribution in [1.82, 2.24) is 3.71 Å². The Morgan fingerprint density at radius 3 is 2.33 bits per heavy atom. The van der Waals surface area contributed by atoms with Crippen LogP contribution in [0, 0.1) is 17.3 Å². The zero-order valence-corrected chi connectivity index (χ0v) is 23.7. The van der Waals surface area contributed by atoms with Gasteiger partial charge in [-0.05, 0) is 87.0 Å². The highest BCUT2D eigenvalue weighted by Crippen LogP contribution is 2.67. The van der Waals surface area contributed by atoms with Gasteiger partial charge in [-0.1, -0.05) is 32.0 Å². The van der Waals surface area contributed by atoms with E-state index in [4.69, 9.17) is 14.0 Å². The van der Waals surface area contributed by atoms with Crippen molar-refractivity contribution in [3.05, 3.63) is 29.8 Å². The van der Waals surface area contributed by atoms with Crippen LogP contribution in [0.2, 0.25) is 0 Å². The van der Waals surface area contributed by atoms with Crippen LogP contribution in [0.1, 0.15) is 51.5 Å². The Morgan fingerprint density at radius 1 is 1.03 bits per heavy atom. The predicted octanol–water partition coefficient (Wildman–Crippen LogP) is 5.71. The topological polar surface area (TPSA) is 30.9 Å². The molecule has 7 heteroatoms. The average Bonchev–Trinajstić information content (AvgIpc) is 3.25. The summed E-state index contributed by atoms with van der Waals surface area (Å²) in [6.45, 7) is 7.99. The Labute approximate surface area is 205 Å². The molecule has 2 aliphatic heterocycles. The van der Waals surface area contributed by atoms with Crippen molar-refractivity contribution >= 4 is 27.5 Å². The molecular weight excluding hydrogens is 449 g/mol. The van der Waals surface area contributed by atoms with Gasteiger partial charge in [0.2, 0.25) is 0 Å². The third kappa shape index (κ3) is 3.89. The summed E-state index contributed by atoms with van der Waals surface area (Å²) in [6.07, 6.45) is 18.3. The van der Waals surface area contributed by atoms with Gasteiger partial charge >= 0.3 is 7.12 Å². The van der Waals surface area contributed by atoms with E-state index in [0.29, 0.717) is 17.3 Å². The van der Waals surface area contributed by atoms with Gasteiger partial charge in [-0.3, -0.25) is 0 Å². The summed E-state index contributed by atoms with van der Waals surface area (Å²) in [5.41, 5.74) is 1.54. The van der Waals surface area contributed by atoms with Crippen LogP contribution in [0.4, 0.5) is 0 Å². The number of para-hydroxylation sites is 1. The highest BCUT2D eigenvalue weighted by atomic mass is 32.3. The fourth-order valence-electron chi connectivity index (χ4n) is 7.56. The van der Waals surface area contributed by atoms with E-state index < -0.39 is 20.4 Å². The fraction of sp³-hybridized carbons (Fsp3) is 0.769. The van der Waals surface area contributed by atoms with Crippen LogP contribution in [-0.4, -0.2) is 72.6 Å². The van der Waals surface area contributed by atoms with Crippen molar-refractivity contribution in [2.45, 2.75) is 63.6 Å². The first-order valence-corrected chi connectivity index (χ1v) is 18.1. The van der Waals surface area contributed by atoms with Crippen molar-refractivity contribution in [3.8, 4) is 5.75 Å². The van der Waals surface area contributed by atoms with Crippen molar-refractivity contribution in [3.63, 3.8) is 0 Å². The number of rotatable bonds is 6. The first kappa shape index (κ1) is 24.4. The van der Waals surface area contributed by atoms with Crippen LogP contribution in [0.25, 0.3) is 0 Å². The monoisotopic (exact) mass is 493 g/mol. The summed E-state index contributed by atoms with van der Waals surface area (Å²) in [5, 5.41) is 0. The van der Waals surface area contributed by atoms with E-state index in [1.54, 1.807) is 0 Å². The molecule has 3 saturated carbocycles. The van der Waals surface area contributed by atoms with Crippen LogP contribution in [-0.2, 0) is 9.31 Å². The lowest BCUT2D eigenvalue weighted by molar-refractivity contribution is -0.199. The van der Waals surface area contributed by atoms with Crippen LogP contribution >= 0.6 is 20.4 Å². The average molecular weight is 494 g/mol. The lowest BCUT2D eigenvalue weighted by atomic mass is 9.43. The second-order valence-electron chi connectivity index (χ2n) is 13.0. The maximum absolute atomic E-state index is 7.09. The Kier molecular flexibility index (Phi) is 5.78. The molecule has 0 radical (unpaired) electrons. The minimum absolute atomic E-state index is 0.169. The lowest BCUT2D eigenvalue weighted by Crippen LogP contribution is -2.65. The summed E-state index contributed by atoms with van der Waals surface area (Å²) in [7, 11) is -2.15. The second kappa shape index (κ2) is 7.83. The minimum Gasteiger partial charge on any atom is -0.493 e. The Hall–Kier alpha value is -0.335. The van der Waals surface area contributed by atoms with E-state index in [0.717, 1.165) is 31.1 Å². The van der Waals surface area contributed by atoms with Crippen LogP contribution < -0.4 is 4.74 Å². The molecule has 1 unspecified atom stereocenters. The number of benzene rings is 1. The van der Waals surface area contributed by atoms with E-state index >= 15 is 0 Å². The molecule has 1 aromatic carbocycles.